The largest absolute Gasteiger partial charge is 0.550 e. The van der Waals surface area contributed by atoms with Crippen molar-refractivity contribution in [3.8, 4) is 0 Å². The van der Waals surface area contributed by atoms with Gasteiger partial charge in [0.05, 0.1) is 6.54 Å². The monoisotopic (exact) mass is 377 g/mol. The standard InChI is InChI=1S/C21H41B2NO3/c1-5-9-13-22(14-10-6-2)19-20(24-17-18-26-21(24)25)27-23(15-11-7-3)16-12-8-4/h19H,5-18H2,1-4H3/b20-19+. The van der Waals surface area contributed by atoms with Crippen LogP contribution in [0.1, 0.15) is 79.1 Å². The third kappa shape index (κ3) is 9.62. The van der Waals surface area contributed by atoms with Gasteiger partial charge in [0.2, 0.25) is 0 Å². The lowest BCUT2D eigenvalue weighted by atomic mass is 9.43. The molecule has 1 aliphatic rings. The number of carbonyl (C=O) groups is 1. The molecule has 4 nitrogen and oxygen atoms in total. The molecule has 0 saturated carbocycles. The highest BCUT2D eigenvalue weighted by Crippen LogP contribution is 2.22. The summed E-state index contributed by atoms with van der Waals surface area (Å²) in [5, 5.41) is 0. The van der Waals surface area contributed by atoms with Crippen molar-refractivity contribution in [2.45, 2.75) is 104 Å². The Bertz CT molecular complexity index is 416. The Balaban J connectivity index is 2.94. The first kappa shape index (κ1) is 24.0. The lowest BCUT2D eigenvalue weighted by Gasteiger charge is -2.25. The third-order valence-corrected chi connectivity index (χ3v) is 5.31. The quantitative estimate of drug-likeness (QED) is 0.227. The fraction of sp³-hybridized carbons (Fsp3) is 0.857. The first-order valence-electron chi connectivity index (χ1n) is 11.5. The second-order valence-electron chi connectivity index (χ2n) is 7.84. The van der Waals surface area contributed by atoms with Crippen molar-refractivity contribution in [1.29, 1.82) is 0 Å². The molecule has 0 N–H and O–H groups in total. The number of hydrogen-bond acceptors (Lipinski definition) is 3. The normalized spacial score (nSPS) is 14.4. The van der Waals surface area contributed by atoms with Crippen LogP contribution in [0.5, 0.6) is 0 Å². The minimum absolute atomic E-state index is 0.197. The van der Waals surface area contributed by atoms with E-state index in [1.165, 1.54) is 64.0 Å². The number of nitrogens with zero attached hydrogens (tertiary/aromatic N) is 1. The molecule has 154 valence electrons. The number of carbonyl (C=O) groups excluding carboxylic acids is 1. The van der Waals surface area contributed by atoms with E-state index in [0.717, 1.165) is 18.5 Å². The Morgan fingerprint density at radius 2 is 1.48 bits per heavy atom. The summed E-state index contributed by atoms with van der Waals surface area (Å²) in [6.07, 6.45) is 13.7. The molecule has 0 unspecified atom stereocenters. The van der Waals surface area contributed by atoms with Crippen LogP contribution >= 0.6 is 0 Å². The smallest absolute Gasteiger partial charge is 0.416 e. The lowest BCUT2D eigenvalue weighted by molar-refractivity contribution is 0.154. The Hall–Kier alpha value is -1.06. The molecule has 0 aromatic heterocycles. The molecular weight excluding hydrogens is 336 g/mol. The van der Waals surface area contributed by atoms with Crippen LogP contribution in [0, 0.1) is 0 Å². The first-order chi connectivity index (χ1) is 13.2. The number of hydrogen-bond donors (Lipinski definition) is 0. The molecule has 1 amide bonds. The predicted molar refractivity (Wildman–Crippen MR) is 118 cm³/mol. The molecule has 1 aliphatic heterocycles. The van der Waals surface area contributed by atoms with Crippen molar-refractivity contribution in [2.24, 2.45) is 0 Å². The van der Waals surface area contributed by atoms with Gasteiger partial charge in [-0.1, -0.05) is 97.7 Å². The molecule has 1 saturated heterocycles. The second-order valence-corrected chi connectivity index (χ2v) is 7.84. The highest BCUT2D eigenvalue weighted by Gasteiger charge is 2.30. The van der Waals surface area contributed by atoms with E-state index in [1.54, 1.807) is 4.90 Å². The Morgan fingerprint density at radius 3 is 1.93 bits per heavy atom. The predicted octanol–water partition coefficient (Wildman–Crippen LogP) is 6.52. The topological polar surface area (TPSA) is 38.8 Å². The van der Waals surface area contributed by atoms with Gasteiger partial charge in [0.1, 0.15) is 6.61 Å². The van der Waals surface area contributed by atoms with Gasteiger partial charge in [0, 0.05) is 0 Å². The number of unbranched alkanes of at least 4 members (excludes halogenated alkanes) is 4. The summed E-state index contributed by atoms with van der Waals surface area (Å²) in [5.74, 6) is 3.00. The Kier molecular flexibility index (Phi) is 13.3. The van der Waals surface area contributed by atoms with Crippen LogP contribution in [0.15, 0.2) is 11.9 Å². The van der Waals surface area contributed by atoms with Gasteiger partial charge in [-0.2, -0.15) is 0 Å². The minimum atomic E-state index is -0.254. The molecule has 6 heteroatoms. The number of cyclic esters (lactones) is 1. The van der Waals surface area contributed by atoms with Crippen molar-refractivity contribution >= 4 is 19.7 Å². The van der Waals surface area contributed by atoms with Gasteiger partial charge < -0.3 is 9.39 Å². The maximum absolute atomic E-state index is 12.2. The third-order valence-electron chi connectivity index (χ3n) is 5.31. The molecule has 1 rings (SSSR count). The fourth-order valence-corrected chi connectivity index (χ4v) is 3.53. The number of amides is 1. The van der Waals surface area contributed by atoms with E-state index in [9.17, 15) is 4.79 Å². The zero-order chi connectivity index (χ0) is 19.9. The summed E-state index contributed by atoms with van der Waals surface area (Å²) in [4.78, 5) is 13.9. The van der Waals surface area contributed by atoms with E-state index < -0.39 is 0 Å². The number of rotatable bonds is 16. The molecule has 27 heavy (non-hydrogen) atoms. The number of ether oxygens (including phenoxy) is 1. The van der Waals surface area contributed by atoms with Crippen molar-refractivity contribution in [3.63, 3.8) is 0 Å². The zero-order valence-corrected chi connectivity index (χ0v) is 18.3. The first-order valence-corrected chi connectivity index (χ1v) is 11.5. The van der Waals surface area contributed by atoms with Crippen LogP contribution in [-0.4, -0.2) is 37.8 Å². The van der Waals surface area contributed by atoms with Crippen LogP contribution in [0.2, 0.25) is 25.3 Å². The van der Waals surface area contributed by atoms with Gasteiger partial charge in [-0.15, -0.1) is 0 Å². The van der Waals surface area contributed by atoms with E-state index in [1.807, 2.05) is 0 Å². The molecule has 0 bridgehead atoms. The van der Waals surface area contributed by atoms with Crippen molar-refractivity contribution in [1.82, 2.24) is 4.90 Å². The van der Waals surface area contributed by atoms with E-state index in [2.05, 4.69) is 33.7 Å². The van der Waals surface area contributed by atoms with Gasteiger partial charge in [-0.25, -0.2) is 9.69 Å². The molecule has 0 aromatic rings. The summed E-state index contributed by atoms with van der Waals surface area (Å²) in [5.41, 5.74) is 0. The highest BCUT2D eigenvalue weighted by atomic mass is 16.6. The van der Waals surface area contributed by atoms with Crippen LogP contribution in [0.4, 0.5) is 4.79 Å². The van der Waals surface area contributed by atoms with Gasteiger partial charge in [-0.05, 0) is 12.6 Å². The van der Waals surface area contributed by atoms with Crippen LogP contribution < -0.4 is 0 Å². The Labute approximate surface area is 168 Å². The fourth-order valence-electron chi connectivity index (χ4n) is 3.53. The molecule has 0 atom stereocenters. The van der Waals surface area contributed by atoms with E-state index in [0.29, 0.717) is 19.9 Å². The van der Waals surface area contributed by atoms with E-state index >= 15 is 0 Å². The maximum atomic E-state index is 12.2. The van der Waals surface area contributed by atoms with E-state index in [4.69, 9.17) is 9.39 Å². The summed E-state index contributed by atoms with van der Waals surface area (Å²) >= 11 is 0. The van der Waals surface area contributed by atoms with Crippen LogP contribution in [0.3, 0.4) is 0 Å². The SMILES string of the molecule is CCCCB(/C=C(/OB(CCCC)CCCC)N1CCOC1=O)CCCC. The Morgan fingerprint density at radius 1 is 0.963 bits per heavy atom. The zero-order valence-electron chi connectivity index (χ0n) is 18.3. The molecule has 0 radical (unpaired) electrons. The average molecular weight is 377 g/mol. The molecule has 0 aliphatic carbocycles. The maximum Gasteiger partial charge on any atom is 0.416 e. The molecular formula is C21H41B2NO3. The van der Waals surface area contributed by atoms with Gasteiger partial charge in [0.15, 0.2) is 12.6 Å². The molecule has 1 heterocycles. The lowest BCUT2D eigenvalue weighted by Crippen LogP contribution is -2.31. The minimum Gasteiger partial charge on any atom is -0.550 e. The summed E-state index contributed by atoms with van der Waals surface area (Å²) in [6, 6.07) is 0. The van der Waals surface area contributed by atoms with Gasteiger partial charge >= 0.3 is 13.0 Å². The highest BCUT2D eigenvalue weighted by molar-refractivity contribution is 6.64. The molecule has 0 aromatic carbocycles. The van der Waals surface area contributed by atoms with Crippen LogP contribution in [0.25, 0.3) is 0 Å². The molecule has 1 fully saturated rings. The van der Waals surface area contributed by atoms with Crippen molar-refractivity contribution < 1.29 is 14.2 Å². The van der Waals surface area contributed by atoms with Crippen LogP contribution in [-0.2, 0) is 9.39 Å². The average Bonchev–Trinajstić information content (AvgIpc) is 3.10. The van der Waals surface area contributed by atoms with Crippen molar-refractivity contribution in [2.75, 3.05) is 13.2 Å². The van der Waals surface area contributed by atoms with E-state index in [-0.39, 0.29) is 13.0 Å². The summed E-state index contributed by atoms with van der Waals surface area (Å²) < 4.78 is 11.7. The summed E-state index contributed by atoms with van der Waals surface area (Å²) in [7, 11) is 0. The summed E-state index contributed by atoms with van der Waals surface area (Å²) in [6.45, 7) is 10.7. The second kappa shape index (κ2) is 14.9. The van der Waals surface area contributed by atoms with Gasteiger partial charge in [-0.3, -0.25) is 0 Å². The molecule has 0 spiro atoms. The van der Waals surface area contributed by atoms with Gasteiger partial charge in [0.25, 0.3) is 0 Å². The van der Waals surface area contributed by atoms with Crippen molar-refractivity contribution in [3.05, 3.63) is 11.9 Å².